The second-order valence-corrected chi connectivity index (χ2v) is 7.35. The Morgan fingerprint density at radius 3 is 2.48 bits per heavy atom. The van der Waals surface area contributed by atoms with Crippen LogP contribution in [0.4, 0.5) is 0 Å². The van der Waals surface area contributed by atoms with Gasteiger partial charge in [-0.05, 0) is 36.1 Å². The van der Waals surface area contributed by atoms with E-state index in [1.54, 1.807) is 31.2 Å². The fraction of sp³-hybridized carbons (Fsp3) is 0.154. The first kappa shape index (κ1) is 16.0. The Hall–Kier alpha value is -1.41. The van der Waals surface area contributed by atoms with Crippen LogP contribution < -0.4 is 4.72 Å². The van der Waals surface area contributed by atoms with E-state index >= 15 is 0 Å². The molecule has 0 aliphatic heterocycles. The molecule has 0 saturated heterocycles. The molecule has 8 heteroatoms. The molecule has 2 aromatic rings. The van der Waals surface area contributed by atoms with Crippen molar-refractivity contribution < 1.29 is 18.3 Å². The molecule has 5 nitrogen and oxygen atoms in total. The highest BCUT2D eigenvalue weighted by atomic mass is 35.5. The van der Waals surface area contributed by atoms with Crippen LogP contribution in [0.15, 0.2) is 40.6 Å². The predicted octanol–water partition coefficient (Wildman–Crippen LogP) is 3.14. The highest BCUT2D eigenvalue weighted by Gasteiger charge is 2.25. The van der Waals surface area contributed by atoms with Gasteiger partial charge in [0.05, 0.1) is 0 Å². The molecule has 1 aromatic heterocycles. The number of carboxylic acid groups (broad SMARTS) is 1. The van der Waals surface area contributed by atoms with Crippen LogP contribution in [-0.2, 0) is 10.0 Å². The van der Waals surface area contributed by atoms with Gasteiger partial charge in [0, 0.05) is 11.1 Å². The number of halogens is 1. The van der Waals surface area contributed by atoms with Gasteiger partial charge in [-0.2, -0.15) is 0 Å². The zero-order valence-corrected chi connectivity index (χ0v) is 13.3. The zero-order valence-electron chi connectivity index (χ0n) is 10.9. The van der Waals surface area contributed by atoms with E-state index in [1.807, 2.05) is 0 Å². The smallest absolute Gasteiger partial charge is 0.347 e. The Labute approximate surface area is 131 Å². The molecule has 0 bridgehead atoms. The van der Waals surface area contributed by atoms with Crippen molar-refractivity contribution in [2.75, 3.05) is 0 Å². The van der Waals surface area contributed by atoms with Gasteiger partial charge in [-0.1, -0.05) is 23.7 Å². The molecular formula is C13H12ClNO4S2. The largest absolute Gasteiger partial charge is 0.477 e. The molecule has 1 atom stereocenters. The van der Waals surface area contributed by atoms with Crippen molar-refractivity contribution in [3.05, 3.63) is 51.2 Å². The van der Waals surface area contributed by atoms with E-state index in [0.717, 1.165) is 16.9 Å². The molecule has 0 unspecified atom stereocenters. The fourth-order valence-corrected chi connectivity index (χ4v) is 4.40. The van der Waals surface area contributed by atoms with E-state index < -0.39 is 22.0 Å². The lowest BCUT2D eigenvalue weighted by atomic mass is 10.1. The third kappa shape index (κ3) is 3.62. The Morgan fingerprint density at radius 2 is 1.90 bits per heavy atom. The number of hydrogen-bond acceptors (Lipinski definition) is 4. The van der Waals surface area contributed by atoms with E-state index in [-0.39, 0.29) is 9.77 Å². The maximum Gasteiger partial charge on any atom is 0.347 e. The Bertz CT molecular complexity index is 753. The van der Waals surface area contributed by atoms with Gasteiger partial charge in [0.15, 0.2) is 0 Å². The molecule has 1 heterocycles. The molecule has 21 heavy (non-hydrogen) atoms. The van der Waals surface area contributed by atoms with Crippen molar-refractivity contribution in [2.24, 2.45) is 0 Å². The summed E-state index contributed by atoms with van der Waals surface area (Å²) in [6, 6.07) is 7.52. The van der Waals surface area contributed by atoms with Crippen molar-refractivity contribution in [1.29, 1.82) is 0 Å². The van der Waals surface area contributed by atoms with Crippen molar-refractivity contribution in [1.82, 2.24) is 4.72 Å². The number of benzene rings is 1. The summed E-state index contributed by atoms with van der Waals surface area (Å²) < 4.78 is 27.0. The molecule has 0 aliphatic carbocycles. The lowest BCUT2D eigenvalue weighted by Gasteiger charge is -2.14. The summed E-state index contributed by atoms with van der Waals surface area (Å²) in [6.07, 6.45) is 0. The average molecular weight is 346 g/mol. The molecule has 0 amide bonds. The van der Waals surface area contributed by atoms with Crippen molar-refractivity contribution in [3.8, 4) is 0 Å². The maximum absolute atomic E-state index is 12.3. The average Bonchev–Trinajstić information content (AvgIpc) is 2.89. The Morgan fingerprint density at radius 1 is 1.29 bits per heavy atom. The summed E-state index contributed by atoms with van der Waals surface area (Å²) >= 11 is 6.66. The fourth-order valence-electron chi connectivity index (χ4n) is 1.78. The van der Waals surface area contributed by atoms with E-state index in [1.165, 1.54) is 11.4 Å². The number of rotatable bonds is 5. The van der Waals surface area contributed by atoms with Crippen LogP contribution in [0, 0.1) is 0 Å². The molecule has 2 N–H and O–H groups in total. The van der Waals surface area contributed by atoms with Gasteiger partial charge in [-0.25, -0.2) is 17.9 Å². The maximum atomic E-state index is 12.3. The van der Waals surface area contributed by atoms with Crippen molar-refractivity contribution in [2.45, 2.75) is 17.9 Å². The minimum atomic E-state index is -3.90. The van der Waals surface area contributed by atoms with Crippen LogP contribution in [0.5, 0.6) is 0 Å². The van der Waals surface area contributed by atoms with Crippen LogP contribution in [0.25, 0.3) is 0 Å². The molecule has 2 rings (SSSR count). The lowest BCUT2D eigenvalue weighted by molar-refractivity contribution is 0.0698. The van der Waals surface area contributed by atoms with Crippen LogP contribution >= 0.6 is 22.9 Å². The summed E-state index contributed by atoms with van der Waals surface area (Å²) in [4.78, 5) is 10.6. The highest BCUT2D eigenvalue weighted by Crippen LogP contribution is 2.24. The van der Waals surface area contributed by atoms with Gasteiger partial charge in [-0.15, -0.1) is 11.3 Å². The topological polar surface area (TPSA) is 83.5 Å². The number of aromatic carboxylic acids is 1. The first-order chi connectivity index (χ1) is 9.81. The second kappa shape index (κ2) is 6.15. The predicted molar refractivity (Wildman–Crippen MR) is 81.5 cm³/mol. The summed E-state index contributed by atoms with van der Waals surface area (Å²) in [7, 11) is -3.90. The number of nitrogens with one attached hydrogen (secondary N) is 1. The minimum absolute atomic E-state index is 0.203. The zero-order chi connectivity index (χ0) is 15.6. The normalized spacial score (nSPS) is 13.0. The Kier molecular flexibility index (Phi) is 4.67. The summed E-state index contributed by atoms with van der Waals surface area (Å²) in [5, 5.41) is 11.0. The second-order valence-electron chi connectivity index (χ2n) is 4.31. The van der Waals surface area contributed by atoms with Crippen LogP contribution in [-0.4, -0.2) is 19.5 Å². The molecule has 112 valence electrons. The van der Waals surface area contributed by atoms with Gasteiger partial charge in [-0.3, -0.25) is 0 Å². The number of hydrogen-bond donors (Lipinski definition) is 2. The first-order valence-electron chi connectivity index (χ1n) is 5.90. The van der Waals surface area contributed by atoms with Gasteiger partial charge >= 0.3 is 5.97 Å². The standard InChI is InChI=1S/C13H12ClNO4S2/c1-8(9-2-4-10(14)5-3-9)15-21(18,19)11-6-7-20-12(11)13(16)17/h2-8,15H,1H3,(H,16,17)/t8-/m0/s1. The quantitative estimate of drug-likeness (QED) is 0.872. The highest BCUT2D eigenvalue weighted by molar-refractivity contribution is 7.89. The van der Waals surface area contributed by atoms with Crippen LogP contribution in [0.2, 0.25) is 5.02 Å². The van der Waals surface area contributed by atoms with Gasteiger partial charge < -0.3 is 5.11 Å². The number of carbonyl (C=O) groups is 1. The molecule has 0 saturated carbocycles. The molecule has 0 spiro atoms. The summed E-state index contributed by atoms with van der Waals surface area (Å²) in [6.45, 7) is 1.67. The third-order valence-electron chi connectivity index (χ3n) is 2.81. The van der Waals surface area contributed by atoms with E-state index in [4.69, 9.17) is 16.7 Å². The molecular weight excluding hydrogens is 334 g/mol. The summed E-state index contributed by atoms with van der Waals surface area (Å²) in [5.41, 5.74) is 0.732. The van der Waals surface area contributed by atoms with Gasteiger partial charge in [0.2, 0.25) is 10.0 Å². The lowest BCUT2D eigenvalue weighted by Crippen LogP contribution is -2.27. The van der Waals surface area contributed by atoms with Crippen molar-refractivity contribution in [3.63, 3.8) is 0 Å². The third-order valence-corrected chi connectivity index (χ3v) is 5.68. The Balaban J connectivity index is 2.27. The van der Waals surface area contributed by atoms with E-state index in [0.29, 0.717) is 5.02 Å². The van der Waals surface area contributed by atoms with Gasteiger partial charge in [0.1, 0.15) is 9.77 Å². The molecule has 0 radical (unpaired) electrons. The number of thiophene rings is 1. The van der Waals surface area contributed by atoms with Crippen molar-refractivity contribution >= 4 is 38.9 Å². The first-order valence-corrected chi connectivity index (χ1v) is 8.64. The van der Waals surface area contributed by atoms with E-state index in [2.05, 4.69) is 4.72 Å². The van der Waals surface area contributed by atoms with Crippen LogP contribution in [0.3, 0.4) is 0 Å². The molecule has 0 fully saturated rings. The van der Waals surface area contributed by atoms with E-state index in [9.17, 15) is 13.2 Å². The SMILES string of the molecule is C[C@H](NS(=O)(=O)c1ccsc1C(=O)O)c1ccc(Cl)cc1. The number of sulfonamides is 1. The molecule has 0 aliphatic rings. The van der Waals surface area contributed by atoms with Crippen LogP contribution in [0.1, 0.15) is 28.2 Å². The molecule has 1 aromatic carbocycles. The number of carboxylic acids is 1. The minimum Gasteiger partial charge on any atom is -0.477 e. The van der Waals surface area contributed by atoms with Gasteiger partial charge in [0.25, 0.3) is 0 Å². The summed E-state index contributed by atoms with van der Waals surface area (Å²) in [5.74, 6) is -1.26. The monoisotopic (exact) mass is 345 g/mol.